The molecule has 2 rings (SSSR count). The molecule has 0 fully saturated rings. The fourth-order valence-corrected chi connectivity index (χ4v) is 2.68. The lowest BCUT2D eigenvalue weighted by molar-refractivity contribution is 0.396. The molecule has 1 aromatic heterocycles. The molecular formula is C15H19NO2S. The average Bonchev–Trinajstić information content (AvgIpc) is 2.98. The Morgan fingerprint density at radius 2 is 2.05 bits per heavy atom. The Hall–Kier alpha value is -1.52. The normalized spacial score (nSPS) is 12.2. The Morgan fingerprint density at radius 1 is 1.21 bits per heavy atom. The number of nitrogens with one attached hydrogen (secondary N) is 1. The summed E-state index contributed by atoms with van der Waals surface area (Å²) in [5.74, 6) is 1.73. The second-order valence-corrected chi connectivity index (χ2v) is 5.28. The Balaban J connectivity index is 2.05. The smallest absolute Gasteiger partial charge is 0.123 e. The molecule has 1 heterocycles. The second kappa shape index (κ2) is 6.59. The minimum Gasteiger partial charge on any atom is -0.497 e. The van der Waals surface area contributed by atoms with Gasteiger partial charge in [-0.25, -0.2) is 0 Å². The van der Waals surface area contributed by atoms with Crippen LogP contribution in [-0.2, 0) is 6.54 Å². The van der Waals surface area contributed by atoms with Crippen LogP contribution in [0, 0.1) is 0 Å². The first kappa shape index (κ1) is 13.9. The first-order valence-corrected chi connectivity index (χ1v) is 7.10. The van der Waals surface area contributed by atoms with Crippen LogP contribution in [0.5, 0.6) is 11.5 Å². The number of rotatable bonds is 6. The van der Waals surface area contributed by atoms with Crippen LogP contribution < -0.4 is 14.8 Å². The van der Waals surface area contributed by atoms with Crippen LogP contribution in [0.25, 0.3) is 0 Å². The highest BCUT2D eigenvalue weighted by molar-refractivity contribution is 7.10. The van der Waals surface area contributed by atoms with Crippen LogP contribution in [0.2, 0.25) is 0 Å². The molecule has 0 aliphatic heterocycles. The van der Waals surface area contributed by atoms with Crippen molar-refractivity contribution in [2.24, 2.45) is 0 Å². The van der Waals surface area contributed by atoms with Gasteiger partial charge in [0.2, 0.25) is 0 Å². The highest BCUT2D eigenvalue weighted by Crippen LogP contribution is 2.25. The van der Waals surface area contributed by atoms with Gasteiger partial charge in [-0.05, 0) is 36.6 Å². The summed E-state index contributed by atoms with van der Waals surface area (Å²) in [5.41, 5.74) is 1.10. The Morgan fingerprint density at radius 3 is 2.68 bits per heavy atom. The van der Waals surface area contributed by atoms with E-state index in [1.807, 2.05) is 18.2 Å². The summed E-state index contributed by atoms with van der Waals surface area (Å²) in [6.07, 6.45) is 0. The van der Waals surface area contributed by atoms with Gasteiger partial charge in [-0.3, -0.25) is 0 Å². The summed E-state index contributed by atoms with van der Waals surface area (Å²) in [5, 5.41) is 5.60. The van der Waals surface area contributed by atoms with Gasteiger partial charge in [0, 0.05) is 23.0 Å². The van der Waals surface area contributed by atoms with Crippen molar-refractivity contribution in [3.8, 4) is 11.5 Å². The van der Waals surface area contributed by atoms with Gasteiger partial charge in [-0.15, -0.1) is 11.3 Å². The van der Waals surface area contributed by atoms with Crippen molar-refractivity contribution in [2.75, 3.05) is 14.2 Å². The Labute approximate surface area is 118 Å². The van der Waals surface area contributed by atoms with Gasteiger partial charge in [-0.1, -0.05) is 6.07 Å². The summed E-state index contributed by atoms with van der Waals surface area (Å²) < 4.78 is 10.6. The van der Waals surface area contributed by atoms with Crippen molar-refractivity contribution in [3.05, 3.63) is 46.2 Å². The molecule has 0 aliphatic rings. The second-order valence-electron chi connectivity index (χ2n) is 4.30. The number of methoxy groups -OCH3 is 2. The summed E-state index contributed by atoms with van der Waals surface area (Å²) >= 11 is 1.77. The minimum atomic E-state index is 0.330. The van der Waals surface area contributed by atoms with Crippen LogP contribution in [0.1, 0.15) is 23.4 Å². The van der Waals surface area contributed by atoms with Gasteiger partial charge < -0.3 is 14.8 Å². The molecule has 4 heteroatoms. The number of hydrogen-bond acceptors (Lipinski definition) is 4. The van der Waals surface area contributed by atoms with Crippen molar-refractivity contribution >= 4 is 11.3 Å². The molecule has 102 valence electrons. The number of hydrogen-bond donors (Lipinski definition) is 1. The zero-order valence-electron chi connectivity index (χ0n) is 11.5. The van der Waals surface area contributed by atoms with Crippen LogP contribution >= 0.6 is 11.3 Å². The molecule has 0 saturated heterocycles. The third-order valence-electron chi connectivity index (χ3n) is 3.06. The average molecular weight is 277 g/mol. The molecule has 19 heavy (non-hydrogen) atoms. The predicted molar refractivity (Wildman–Crippen MR) is 79.1 cm³/mol. The monoisotopic (exact) mass is 277 g/mol. The molecular weight excluding hydrogens is 258 g/mol. The van der Waals surface area contributed by atoms with Gasteiger partial charge in [0.25, 0.3) is 0 Å². The van der Waals surface area contributed by atoms with Gasteiger partial charge >= 0.3 is 0 Å². The van der Waals surface area contributed by atoms with Gasteiger partial charge in [-0.2, -0.15) is 0 Å². The van der Waals surface area contributed by atoms with Crippen LogP contribution in [0.3, 0.4) is 0 Å². The molecule has 2 aromatic rings. The molecule has 1 atom stereocenters. The third kappa shape index (κ3) is 3.49. The van der Waals surface area contributed by atoms with Crippen molar-refractivity contribution in [3.63, 3.8) is 0 Å². The highest BCUT2D eigenvalue weighted by atomic mass is 32.1. The van der Waals surface area contributed by atoms with Crippen molar-refractivity contribution in [1.29, 1.82) is 0 Å². The first-order valence-electron chi connectivity index (χ1n) is 6.22. The lowest BCUT2D eigenvalue weighted by atomic mass is 10.1. The van der Waals surface area contributed by atoms with E-state index in [-0.39, 0.29) is 0 Å². The molecule has 1 N–H and O–H groups in total. The maximum Gasteiger partial charge on any atom is 0.123 e. The van der Waals surface area contributed by atoms with Crippen molar-refractivity contribution in [2.45, 2.75) is 19.5 Å². The molecule has 0 amide bonds. The molecule has 0 radical (unpaired) electrons. The maximum atomic E-state index is 5.37. The van der Waals surface area contributed by atoms with E-state index < -0.39 is 0 Å². The fraction of sp³-hybridized carbons (Fsp3) is 0.333. The van der Waals surface area contributed by atoms with Crippen molar-refractivity contribution < 1.29 is 9.47 Å². The lowest BCUT2D eigenvalue weighted by Crippen LogP contribution is -2.17. The van der Waals surface area contributed by atoms with Gasteiger partial charge in [0.05, 0.1) is 14.2 Å². The van der Waals surface area contributed by atoms with E-state index >= 15 is 0 Å². The topological polar surface area (TPSA) is 30.5 Å². The summed E-state index contributed by atoms with van der Waals surface area (Å²) in [6.45, 7) is 2.91. The Bertz CT molecular complexity index is 511. The number of thiophene rings is 1. The molecule has 0 spiro atoms. The first-order chi connectivity index (χ1) is 9.24. The van der Waals surface area contributed by atoms with E-state index in [2.05, 4.69) is 29.8 Å². The minimum absolute atomic E-state index is 0.330. The summed E-state index contributed by atoms with van der Waals surface area (Å²) in [4.78, 5) is 1.34. The largest absolute Gasteiger partial charge is 0.497 e. The lowest BCUT2D eigenvalue weighted by Gasteiger charge is -2.15. The van der Waals surface area contributed by atoms with Crippen LogP contribution in [-0.4, -0.2) is 14.2 Å². The molecule has 0 saturated carbocycles. The predicted octanol–water partition coefficient (Wildman–Crippen LogP) is 3.62. The molecule has 0 bridgehead atoms. The standard InChI is InChI=1S/C15H19NO2S/c1-11(15-5-4-8-19-15)16-10-12-9-13(17-2)6-7-14(12)18-3/h4-9,11,16H,10H2,1-3H3/t11-/m1/s1. The van der Waals surface area contributed by atoms with E-state index in [4.69, 9.17) is 9.47 Å². The van der Waals surface area contributed by atoms with Crippen LogP contribution in [0.4, 0.5) is 0 Å². The summed E-state index contributed by atoms with van der Waals surface area (Å²) in [6, 6.07) is 10.4. The molecule has 1 aromatic carbocycles. The van der Waals surface area contributed by atoms with Gasteiger partial charge in [0.1, 0.15) is 11.5 Å². The molecule has 0 aliphatic carbocycles. The quantitative estimate of drug-likeness (QED) is 0.875. The van der Waals surface area contributed by atoms with E-state index in [0.717, 1.165) is 23.6 Å². The third-order valence-corrected chi connectivity index (χ3v) is 4.11. The molecule has 3 nitrogen and oxygen atoms in total. The fourth-order valence-electron chi connectivity index (χ4n) is 1.92. The van der Waals surface area contributed by atoms with E-state index in [9.17, 15) is 0 Å². The zero-order valence-corrected chi connectivity index (χ0v) is 12.3. The van der Waals surface area contributed by atoms with E-state index in [0.29, 0.717) is 6.04 Å². The highest BCUT2D eigenvalue weighted by Gasteiger charge is 2.09. The molecule has 0 unspecified atom stereocenters. The number of benzene rings is 1. The van der Waals surface area contributed by atoms with Gasteiger partial charge in [0.15, 0.2) is 0 Å². The number of ether oxygens (including phenoxy) is 2. The van der Waals surface area contributed by atoms with Crippen molar-refractivity contribution in [1.82, 2.24) is 5.32 Å². The van der Waals surface area contributed by atoms with E-state index in [1.165, 1.54) is 4.88 Å². The maximum absolute atomic E-state index is 5.37. The SMILES string of the molecule is COc1ccc(OC)c(CN[C@H](C)c2cccs2)c1. The van der Waals surface area contributed by atoms with Crippen LogP contribution in [0.15, 0.2) is 35.7 Å². The summed E-state index contributed by atoms with van der Waals surface area (Å²) in [7, 11) is 3.36. The Kier molecular flexibility index (Phi) is 4.82. The zero-order chi connectivity index (χ0) is 13.7. The van der Waals surface area contributed by atoms with E-state index in [1.54, 1.807) is 25.6 Å².